The van der Waals surface area contributed by atoms with Crippen molar-refractivity contribution in [2.24, 2.45) is 5.14 Å². The molecule has 3 N–H and O–H groups in total. The first kappa shape index (κ1) is 31.9. The molecule has 2 fully saturated rings. The van der Waals surface area contributed by atoms with Crippen molar-refractivity contribution in [3.63, 3.8) is 0 Å². The van der Waals surface area contributed by atoms with Crippen molar-refractivity contribution in [2.45, 2.75) is 68.5 Å². The predicted molar refractivity (Wildman–Crippen MR) is 168 cm³/mol. The lowest BCUT2D eigenvalue weighted by Gasteiger charge is -2.36. The Balaban J connectivity index is 1.69. The molecule has 2 amide bonds. The molecule has 11 nitrogen and oxygen atoms in total. The Kier molecular flexibility index (Phi) is 9.30. The molecule has 0 bridgehead atoms. The second-order valence-corrected chi connectivity index (χ2v) is 15.1. The number of sulfonamides is 2. The molecule has 3 aromatic rings. The summed E-state index contributed by atoms with van der Waals surface area (Å²) in [5.41, 5.74) is 1.06. The van der Waals surface area contributed by atoms with E-state index in [2.05, 4.69) is 10.3 Å². The number of benzene rings is 2. The third-order valence-corrected chi connectivity index (χ3v) is 11.0. The normalized spacial score (nSPS) is 19.3. The van der Waals surface area contributed by atoms with E-state index < -0.39 is 43.9 Å². The number of amides is 2. The largest absolute Gasteiger partial charge is 0.351 e. The number of pyridine rings is 1. The topological polar surface area (TPSA) is 160 Å². The summed E-state index contributed by atoms with van der Waals surface area (Å²) in [5.74, 6) is -1.53. The van der Waals surface area contributed by atoms with Gasteiger partial charge in [0.1, 0.15) is 17.9 Å². The lowest BCUT2D eigenvalue weighted by molar-refractivity contribution is -0.127. The maximum Gasteiger partial charge on any atom is 0.252 e. The minimum atomic E-state index is -4.20. The summed E-state index contributed by atoms with van der Waals surface area (Å²) in [7, 11) is -8.16. The number of halogens is 1. The molecule has 1 aliphatic carbocycles. The number of hydrogen-bond donors (Lipinski definition) is 2. The number of nitrogens with zero attached hydrogens (tertiary/aromatic N) is 3. The molecular formula is C30H34ClN5O6S2. The number of carbonyl (C=O) groups is 2. The lowest BCUT2D eigenvalue weighted by Crippen LogP contribution is -2.53. The molecule has 1 saturated carbocycles. The summed E-state index contributed by atoms with van der Waals surface area (Å²) in [6.45, 7) is 1.78. The van der Waals surface area contributed by atoms with Crippen LogP contribution in [0.4, 0.5) is 11.5 Å². The number of rotatable bonds is 8. The highest BCUT2D eigenvalue weighted by atomic mass is 35.5. The zero-order valence-corrected chi connectivity index (χ0v) is 26.5. The summed E-state index contributed by atoms with van der Waals surface area (Å²) >= 11 is 6.64. The number of primary sulfonamides is 1. The van der Waals surface area contributed by atoms with Gasteiger partial charge in [0.2, 0.25) is 26.0 Å². The first-order valence-corrected chi connectivity index (χ1v) is 17.9. The Morgan fingerprint density at radius 3 is 2.45 bits per heavy atom. The second-order valence-electron chi connectivity index (χ2n) is 11.1. The van der Waals surface area contributed by atoms with Crippen LogP contribution in [0.1, 0.15) is 55.7 Å². The van der Waals surface area contributed by atoms with E-state index in [4.69, 9.17) is 16.7 Å². The maximum absolute atomic E-state index is 14.8. The van der Waals surface area contributed by atoms with Crippen LogP contribution < -0.4 is 19.7 Å². The van der Waals surface area contributed by atoms with Crippen molar-refractivity contribution < 1.29 is 26.4 Å². The lowest BCUT2D eigenvalue weighted by atomic mass is 9.94. The maximum atomic E-state index is 14.8. The second kappa shape index (κ2) is 12.8. The number of aryl methyl sites for hydroxylation is 1. The molecule has 2 atom stereocenters. The van der Waals surface area contributed by atoms with Crippen molar-refractivity contribution in [3.8, 4) is 0 Å². The summed E-state index contributed by atoms with van der Waals surface area (Å²) in [5, 5.41) is 8.71. The zero-order chi connectivity index (χ0) is 31.6. The van der Waals surface area contributed by atoms with Crippen LogP contribution in [0.3, 0.4) is 0 Å². The molecule has 14 heteroatoms. The summed E-state index contributed by atoms with van der Waals surface area (Å²) in [6, 6.07) is 12.4. The standard InChI is InChI=1S/C30H34ClN5O6S2/c1-20-14-16-33-27(18-20)36-26(15-17-43(36,39)40)30(38)35(22-10-7-11-23(19-22)44(32,41)42)28(24-12-5-6-13-25(24)31)29(37)34-21-8-3-2-4-9-21/h5-7,10-14,16,18-19,21,26,28H,2-4,8-9,15,17H2,1H3,(H,34,37)(H2,32,41,42)/t26-,28+/m0/s1. The first-order chi connectivity index (χ1) is 20.9. The van der Waals surface area contributed by atoms with Gasteiger partial charge in [-0.25, -0.2) is 31.3 Å². The SMILES string of the molecule is Cc1ccnc(N2[C@H](C(=O)N(c3cccc(S(N)(=O)=O)c3)[C@@H](C(=O)NC3CCCCC3)c3ccccc3Cl)CCS2(=O)=O)c1. The summed E-state index contributed by atoms with van der Waals surface area (Å²) in [6.07, 6.45) is 5.86. The van der Waals surface area contributed by atoms with Gasteiger partial charge in [0, 0.05) is 28.5 Å². The molecule has 0 unspecified atom stereocenters. The smallest absolute Gasteiger partial charge is 0.252 e. The quantitative estimate of drug-likeness (QED) is 0.372. The fourth-order valence-corrected chi connectivity index (χ4v) is 8.31. The summed E-state index contributed by atoms with van der Waals surface area (Å²) < 4.78 is 52.4. The van der Waals surface area contributed by atoms with Crippen LogP contribution in [0.25, 0.3) is 0 Å². The van der Waals surface area contributed by atoms with Crippen LogP contribution in [0, 0.1) is 6.92 Å². The molecule has 234 valence electrons. The van der Waals surface area contributed by atoms with Crippen LogP contribution in [-0.2, 0) is 29.6 Å². The van der Waals surface area contributed by atoms with E-state index in [0.29, 0.717) is 0 Å². The fourth-order valence-electron chi connectivity index (χ4n) is 5.83. The Hall–Kier alpha value is -3.52. The van der Waals surface area contributed by atoms with E-state index in [9.17, 15) is 26.4 Å². The van der Waals surface area contributed by atoms with Gasteiger partial charge in [0.25, 0.3) is 5.91 Å². The first-order valence-electron chi connectivity index (χ1n) is 14.3. The van der Waals surface area contributed by atoms with Crippen molar-refractivity contribution >= 4 is 55.0 Å². The highest BCUT2D eigenvalue weighted by Gasteiger charge is 2.47. The molecule has 44 heavy (non-hydrogen) atoms. The van der Waals surface area contributed by atoms with Gasteiger partial charge in [-0.15, -0.1) is 0 Å². The molecule has 2 aliphatic rings. The predicted octanol–water partition coefficient (Wildman–Crippen LogP) is 3.82. The average molecular weight is 660 g/mol. The molecule has 1 saturated heterocycles. The van der Waals surface area contributed by atoms with E-state index >= 15 is 0 Å². The Morgan fingerprint density at radius 2 is 1.77 bits per heavy atom. The molecule has 1 aliphatic heterocycles. The van der Waals surface area contributed by atoms with Gasteiger partial charge in [0.15, 0.2) is 0 Å². The molecular weight excluding hydrogens is 626 g/mol. The van der Waals surface area contributed by atoms with Crippen LogP contribution in [-0.4, -0.2) is 51.5 Å². The van der Waals surface area contributed by atoms with Gasteiger partial charge in [-0.3, -0.25) is 14.5 Å². The number of carbonyl (C=O) groups excluding carboxylic acids is 2. The fraction of sp³-hybridized carbons (Fsp3) is 0.367. The molecule has 0 radical (unpaired) electrons. The van der Waals surface area contributed by atoms with E-state index in [1.165, 1.54) is 30.5 Å². The molecule has 1 aromatic heterocycles. The number of anilines is 2. The number of nitrogens with two attached hydrogens (primary N) is 1. The molecule has 2 heterocycles. The van der Waals surface area contributed by atoms with Gasteiger partial charge in [-0.1, -0.05) is 55.1 Å². The Morgan fingerprint density at radius 1 is 1.05 bits per heavy atom. The van der Waals surface area contributed by atoms with E-state index in [1.807, 2.05) is 0 Å². The van der Waals surface area contributed by atoms with Crippen LogP contribution in [0.5, 0.6) is 0 Å². The van der Waals surface area contributed by atoms with E-state index in [0.717, 1.165) is 46.9 Å². The van der Waals surface area contributed by atoms with E-state index in [-0.39, 0.29) is 45.2 Å². The minimum Gasteiger partial charge on any atom is -0.351 e. The number of hydrogen-bond acceptors (Lipinski definition) is 7. The summed E-state index contributed by atoms with van der Waals surface area (Å²) in [4.78, 5) is 34.1. The third-order valence-electron chi connectivity index (χ3n) is 7.96. The van der Waals surface area contributed by atoms with Crippen molar-refractivity contribution in [2.75, 3.05) is 15.0 Å². The highest BCUT2D eigenvalue weighted by Crippen LogP contribution is 2.37. The molecule has 5 rings (SSSR count). The molecule has 2 aromatic carbocycles. The molecule has 0 spiro atoms. The highest BCUT2D eigenvalue weighted by molar-refractivity contribution is 7.93. The number of nitrogens with one attached hydrogen (secondary N) is 1. The zero-order valence-electron chi connectivity index (χ0n) is 24.1. The Bertz CT molecular complexity index is 1780. The number of aromatic nitrogens is 1. The van der Waals surface area contributed by atoms with Gasteiger partial charge in [0.05, 0.1) is 10.6 Å². The van der Waals surface area contributed by atoms with E-state index in [1.54, 1.807) is 43.3 Å². The van der Waals surface area contributed by atoms with Crippen molar-refractivity contribution in [1.29, 1.82) is 0 Å². The average Bonchev–Trinajstić information content (AvgIpc) is 3.31. The van der Waals surface area contributed by atoms with Gasteiger partial charge < -0.3 is 5.32 Å². The van der Waals surface area contributed by atoms with Crippen LogP contribution in [0.2, 0.25) is 5.02 Å². The van der Waals surface area contributed by atoms with Gasteiger partial charge in [-0.05, 0) is 68.1 Å². The van der Waals surface area contributed by atoms with Crippen LogP contribution in [0.15, 0.2) is 71.8 Å². The Labute approximate surface area is 262 Å². The van der Waals surface area contributed by atoms with Crippen LogP contribution >= 0.6 is 11.6 Å². The van der Waals surface area contributed by atoms with Crippen molar-refractivity contribution in [3.05, 3.63) is 83.0 Å². The minimum absolute atomic E-state index is 0.0340. The van der Waals surface area contributed by atoms with Gasteiger partial charge in [-0.2, -0.15) is 0 Å². The third kappa shape index (κ3) is 6.75. The monoisotopic (exact) mass is 659 g/mol. The van der Waals surface area contributed by atoms with Crippen molar-refractivity contribution in [1.82, 2.24) is 10.3 Å². The van der Waals surface area contributed by atoms with Gasteiger partial charge >= 0.3 is 0 Å².